The molecule has 1 aromatic heterocycles. The Morgan fingerprint density at radius 1 is 1.08 bits per heavy atom. The van der Waals surface area contributed by atoms with Crippen molar-refractivity contribution in [1.82, 2.24) is 0 Å². The number of aliphatic carboxylic acids is 1. The molecule has 0 radical (unpaired) electrons. The van der Waals surface area contributed by atoms with Gasteiger partial charge < -0.3 is 9.52 Å². The van der Waals surface area contributed by atoms with Crippen LogP contribution in [0.1, 0.15) is 22.5 Å². The molecule has 0 unspecified atom stereocenters. The molecule has 120 valence electrons. The molecule has 0 aliphatic rings. The van der Waals surface area contributed by atoms with Crippen LogP contribution in [0.3, 0.4) is 0 Å². The third-order valence-electron chi connectivity index (χ3n) is 3.83. The summed E-state index contributed by atoms with van der Waals surface area (Å²) in [5.74, 6) is -0.527. The van der Waals surface area contributed by atoms with E-state index in [1.807, 2.05) is 36.4 Å². The van der Waals surface area contributed by atoms with Crippen LogP contribution in [0, 0.1) is 6.92 Å². The monoisotopic (exact) mass is 320 g/mol. The average Bonchev–Trinajstić information content (AvgIpc) is 2.58. The molecule has 0 spiro atoms. The van der Waals surface area contributed by atoms with E-state index in [-0.39, 0.29) is 11.8 Å². The smallest absolute Gasteiger partial charge is 0.307 e. The second kappa shape index (κ2) is 6.54. The highest BCUT2D eigenvalue weighted by Crippen LogP contribution is 2.21. The van der Waals surface area contributed by atoms with Crippen molar-refractivity contribution in [3.8, 4) is 0 Å². The first-order valence-electron chi connectivity index (χ1n) is 7.56. The predicted molar refractivity (Wildman–Crippen MR) is 93.9 cm³/mol. The number of para-hydroxylation sites is 1. The summed E-state index contributed by atoms with van der Waals surface area (Å²) in [6.07, 6.45) is 3.41. The Morgan fingerprint density at radius 3 is 2.54 bits per heavy atom. The Bertz CT molecular complexity index is 982. The fourth-order valence-electron chi connectivity index (χ4n) is 2.58. The fraction of sp³-hybridized carbons (Fsp3) is 0.100. The van der Waals surface area contributed by atoms with Gasteiger partial charge in [-0.15, -0.1) is 0 Å². The van der Waals surface area contributed by atoms with E-state index in [0.717, 1.165) is 5.56 Å². The molecular weight excluding hydrogens is 304 g/mol. The van der Waals surface area contributed by atoms with Crippen molar-refractivity contribution in [2.45, 2.75) is 13.3 Å². The summed E-state index contributed by atoms with van der Waals surface area (Å²) >= 11 is 0. The molecule has 2 aromatic carbocycles. The van der Waals surface area contributed by atoms with Gasteiger partial charge in [-0.05, 0) is 24.6 Å². The summed E-state index contributed by atoms with van der Waals surface area (Å²) in [5.41, 5.74) is 2.17. The molecule has 0 atom stereocenters. The number of benzene rings is 2. The maximum absolute atomic E-state index is 12.6. The molecule has 0 bridgehead atoms. The topological polar surface area (TPSA) is 67.5 Å². The molecule has 0 fully saturated rings. The summed E-state index contributed by atoms with van der Waals surface area (Å²) in [6.45, 7) is 1.71. The second-order valence-corrected chi connectivity index (χ2v) is 5.53. The largest absolute Gasteiger partial charge is 0.481 e. The van der Waals surface area contributed by atoms with E-state index in [0.29, 0.717) is 27.9 Å². The normalized spacial score (nSPS) is 11.2. The zero-order valence-electron chi connectivity index (χ0n) is 13.2. The second-order valence-electron chi connectivity index (χ2n) is 5.53. The van der Waals surface area contributed by atoms with Crippen molar-refractivity contribution >= 4 is 29.1 Å². The van der Waals surface area contributed by atoms with Crippen LogP contribution in [0.5, 0.6) is 0 Å². The summed E-state index contributed by atoms with van der Waals surface area (Å²) in [7, 11) is 0. The van der Waals surface area contributed by atoms with E-state index >= 15 is 0 Å². The molecule has 1 N–H and O–H groups in total. The lowest BCUT2D eigenvalue weighted by atomic mass is 10.1. The van der Waals surface area contributed by atoms with Crippen LogP contribution in [0.4, 0.5) is 0 Å². The first-order chi connectivity index (χ1) is 11.6. The Hall–Kier alpha value is -3.14. The number of hydrogen-bond acceptors (Lipinski definition) is 3. The number of hydrogen-bond donors (Lipinski definition) is 1. The summed E-state index contributed by atoms with van der Waals surface area (Å²) in [5, 5.41) is 9.44. The molecule has 0 amide bonds. The van der Waals surface area contributed by atoms with Crippen molar-refractivity contribution in [3.63, 3.8) is 0 Å². The standard InChI is InChI=1S/C20H16O4/c1-13-17(11-10-14-6-3-2-4-7-14)24-20-15(12-18(21)22)8-5-9-16(20)19(13)23/h2-11H,12H2,1H3,(H,21,22)/b11-10+. The van der Waals surface area contributed by atoms with E-state index in [9.17, 15) is 9.59 Å². The maximum atomic E-state index is 12.6. The first-order valence-corrected chi connectivity index (χ1v) is 7.56. The molecule has 3 rings (SSSR count). The van der Waals surface area contributed by atoms with E-state index in [2.05, 4.69) is 0 Å². The molecule has 3 aromatic rings. The lowest BCUT2D eigenvalue weighted by Gasteiger charge is -2.07. The van der Waals surface area contributed by atoms with Gasteiger partial charge in [0, 0.05) is 11.1 Å². The van der Waals surface area contributed by atoms with Crippen LogP contribution >= 0.6 is 0 Å². The molecule has 0 saturated carbocycles. The van der Waals surface area contributed by atoms with Crippen molar-refractivity contribution in [2.75, 3.05) is 0 Å². The van der Waals surface area contributed by atoms with Gasteiger partial charge in [-0.2, -0.15) is 0 Å². The Morgan fingerprint density at radius 2 is 1.83 bits per heavy atom. The molecule has 24 heavy (non-hydrogen) atoms. The van der Waals surface area contributed by atoms with E-state index in [1.54, 1.807) is 31.2 Å². The summed E-state index contributed by atoms with van der Waals surface area (Å²) < 4.78 is 5.88. The van der Waals surface area contributed by atoms with Gasteiger partial charge in [0.2, 0.25) is 0 Å². The number of carbonyl (C=O) groups is 1. The molecule has 0 aliphatic carbocycles. The van der Waals surface area contributed by atoms with Gasteiger partial charge in [-0.25, -0.2) is 0 Å². The van der Waals surface area contributed by atoms with Gasteiger partial charge in [0.15, 0.2) is 5.43 Å². The number of carboxylic acids is 1. The molecular formula is C20H16O4. The molecule has 4 heteroatoms. The Kier molecular flexibility index (Phi) is 4.29. The quantitative estimate of drug-likeness (QED) is 0.791. The summed E-state index contributed by atoms with van der Waals surface area (Å²) in [4.78, 5) is 23.6. The van der Waals surface area contributed by atoms with Crippen LogP contribution in [0.2, 0.25) is 0 Å². The third-order valence-corrected chi connectivity index (χ3v) is 3.83. The highest BCUT2D eigenvalue weighted by Gasteiger charge is 2.13. The zero-order chi connectivity index (χ0) is 17.1. The summed E-state index contributed by atoms with van der Waals surface area (Å²) in [6, 6.07) is 14.7. The van der Waals surface area contributed by atoms with E-state index in [1.165, 1.54) is 0 Å². The number of carboxylic acid groups (broad SMARTS) is 1. The van der Waals surface area contributed by atoms with Gasteiger partial charge in [-0.1, -0.05) is 48.5 Å². The van der Waals surface area contributed by atoms with E-state index in [4.69, 9.17) is 9.52 Å². The third kappa shape index (κ3) is 3.13. The fourth-order valence-corrected chi connectivity index (χ4v) is 2.58. The molecule has 4 nitrogen and oxygen atoms in total. The van der Waals surface area contributed by atoms with Gasteiger partial charge in [-0.3, -0.25) is 9.59 Å². The SMILES string of the molecule is Cc1c(/C=C/c2ccccc2)oc2c(CC(=O)O)cccc2c1=O. The minimum absolute atomic E-state index is 0.142. The van der Waals surface area contributed by atoms with Crippen LogP contribution in [0.25, 0.3) is 23.1 Å². The van der Waals surface area contributed by atoms with Crippen molar-refractivity contribution < 1.29 is 14.3 Å². The zero-order valence-corrected chi connectivity index (χ0v) is 13.2. The highest BCUT2D eigenvalue weighted by atomic mass is 16.4. The number of rotatable bonds is 4. The Balaban J connectivity index is 2.15. The molecule has 0 aliphatic heterocycles. The maximum Gasteiger partial charge on any atom is 0.307 e. The lowest BCUT2D eigenvalue weighted by Crippen LogP contribution is -2.09. The van der Waals surface area contributed by atoms with Gasteiger partial charge >= 0.3 is 5.97 Å². The van der Waals surface area contributed by atoms with Gasteiger partial charge in [0.25, 0.3) is 0 Å². The molecule has 1 heterocycles. The van der Waals surface area contributed by atoms with Crippen LogP contribution in [-0.2, 0) is 11.2 Å². The van der Waals surface area contributed by atoms with Gasteiger partial charge in [0.1, 0.15) is 11.3 Å². The van der Waals surface area contributed by atoms with Gasteiger partial charge in [0.05, 0.1) is 11.8 Å². The van der Waals surface area contributed by atoms with Crippen molar-refractivity contribution in [3.05, 3.63) is 81.2 Å². The minimum atomic E-state index is -0.966. The Labute approximate surface area is 138 Å². The highest BCUT2D eigenvalue weighted by molar-refractivity contribution is 5.85. The van der Waals surface area contributed by atoms with E-state index < -0.39 is 5.97 Å². The van der Waals surface area contributed by atoms with Crippen LogP contribution in [0.15, 0.2) is 57.7 Å². The minimum Gasteiger partial charge on any atom is -0.481 e. The van der Waals surface area contributed by atoms with Crippen molar-refractivity contribution in [2.24, 2.45) is 0 Å². The molecule has 0 saturated heterocycles. The average molecular weight is 320 g/mol. The number of fused-ring (bicyclic) bond motifs is 1. The van der Waals surface area contributed by atoms with Crippen LogP contribution < -0.4 is 5.43 Å². The first kappa shape index (κ1) is 15.7. The predicted octanol–water partition coefficient (Wildman–Crippen LogP) is 3.90. The van der Waals surface area contributed by atoms with Crippen LogP contribution in [-0.4, -0.2) is 11.1 Å². The lowest BCUT2D eigenvalue weighted by molar-refractivity contribution is -0.136. The van der Waals surface area contributed by atoms with Crippen molar-refractivity contribution in [1.29, 1.82) is 0 Å².